The van der Waals surface area contributed by atoms with Gasteiger partial charge in [0.25, 0.3) is 0 Å². The summed E-state index contributed by atoms with van der Waals surface area (Å²) in [6.07, 6.45) is 0.848. The summed E-state index contributed by atoms with van der Waals surface area (Å²) in [5.41, 5.74) is 0.626. The van der Waals surface area contributed by atoms with E-state index in [1.165, 1.54) is 0 Å². The van der Waals surface area contributed by atoms with Crippen molar-refractivity contribution in [2.75, 3.05) is 39.2 Å². The topological polar surface area (TPSA) is 60.0 Å². The number of nitrogens with zero attached hydrogens (tertiary/aromatic N) is 1. The molecule has 0 radical (unpaired) electrons. The van der Waals surface area contributed by atoms with Crippen molar-refractivity contribution in [3.05, 3.63) is 18.2 Å². The quantitative estimate of drug-likeness (QED) is 0.869. The van der Waals surface area contributed by atoms with Crippen molar-refractivity contribution in [3.8, 4) is 11.5 Å². The Morgan fingerprint density at radius 1 is 1.26 bits per heavy atom. The van der Waals surface area contributed by atoms with E-state index < -0.39 is 0 Å². The Balaban J connectivity index is 1.89. The van der Waals surface area contributed by atoms with Gasteiger partial charge in [-0.1, -0.05) is 0 Å². The number of ether oxygens (including phenoxy) is 3. The number of amides is 1. The van der Waals surface area contributed by atoms with E-state index >= 15 is 0 Å². The zero-order chi connectivity index (χ0) is 16.8. The molecule has 6 heteroatoms. The van der Waals surface area contributed by atoms with Crippen LogP contribution in [0.2, 0.25) is 0 Å². The lowest BCUT2D eigenvalue weighted by Crippen LogP contribution is -2.46. The Bertz CT molecular complexity index is 525. The van der Waals surface area contributed by atoms with Gasteiger partial charge in [-0.25, -0.2) is 0 Å². The molecule has 1 N–H and O–H groups in total. The van der Waals surface area contributed by atoms with Gasteiger partial charge in [0.05, 0.1) is 32.1 Å². The Morgan fingerprint density at radius 2 is 1.96 bits per heavy atom. The van der Waals surface area contributed by atoms with Gasteiger partial charge in [0.1, 0.15) is 11.5 Å². The van der Waals surface area contributed by atoms with Gasteiger partial charge in [-0.15, -0.1) is 0 Å². The molecule has 1 aromatic rings. The van der Waals surface area contributed by atoms with Crippen molar-refractivity contribution in [2.24, 2.45) is 0 Å². The summed E-state index contributed by atoms with van der Waals surface area (Å²) in [6, 6.07) is 5.33. The van der Waals surface area contributed by atoms with E-state index in [4.69, 9.17) is 14.2 Å². The third kappa shape index (κ3) is 5.11. The maximum atomic E-state index is 12.2. The molecular weight excluding hydrogens is 296 g/mol. The highest BCUT2D eigenvalue weighted by molar-refractivity contribution is 5.92. The Morgan fingerprint density at radius 3 is 2.57 bits per heavy atom. The zero-order valence-corrected chi connectivity index (χ0v) is 14.3. The van der Waals surface area contributed by atoms with Crippen LogP contribution in [0.4, 0.5) is 5.69 Å². The Hall–Kier alpha value is -1.79. The van der Waals surface area contributed by atoms with Gasteiger partial charge in [-0.05, 0) is 26.0 Å². The molecule has 1 aliphatic rings. The molecule has 1 aliphatic heterocycles. The number of rotatable bonds is 6. The molecule has 2 rings (SSSR count). The van der Waals surface area contributed by atoms with Gasteiger partial charge < -0.3 is 19.5 Å². The first kappa shape index (κ1) is 17.6. The predicted molar refractivity (Wildman–Crippen MR) is 89.2 cm³/mol. The molecule has 0 aromatic heterocycles. The van der Waals surface area contributed by atoms with Crippen LogP contribution < -0.4 is 14.8 Å². The van der Waals surface area contributed by atoms with Gasteiger partial charge in [-0.2, -0.15) is 0 Å². The number of hydrogen-bond donors (Lipinski definition) is 1. The number of morpholine rings is 1. The fourth-order valence-corrected chi connectivity index (χ4v) is 2.85. The highest BCUT2D eigenvalue weighted by Gasteiger charge is 2.22. The molecule has 0 saturated carbocycles. The molecule has 2 atom stereocenters. The summed E-state index contributed by atoms with van der Waals surface area (Å²) in [5, 5.41) is 2.90. The van der Waals surface area contributed by atoms with Crippen LogP contribution in [0.25, 0.3) is 0 Å². The van der Waals surface area contributed by atoms with E-state index in [-0.39, 0.29) is 18.1 Å². The van der Waals surface area contributed by atoms with E-state index in [9.17, 15) is 4.79 Å². The third-order valence-electron chi connectivity index (χ3n) is 3.83. The number of carbonyl (C=O) groups is 1. The number of hydrogen-bond acceptors (Lipinski definition) is 5. The highest BCUT2D eigenvalue weighted by Crippen LogP contribution is 2.28. The standard InChI is InChI=1S/C17H26N2O4/c1-12-10-19(11-13(2)23-12)8-7-17(20)18-15-9-14(21-3)5-6-16(15)22-4/h5-6,9,12-13H,7-8,10-11H2,1-4H3,(H,18,20)/t12-,13+. The lowest BCUT2D eigenvalue weighted by molar-refractivity contribution is -0.117. The largest absolute Gasteiger partial charge is 0.497 e. The van der Waals surface area contributed by atoms with Crippen LogP contribution in [-0.4, -0.2) is 56.9 Å². The van der Waals surface area contributed by atoms with Crippen LogP contribution in [0.3, 0.4) is 0 Å². The minimum atomic E-state index is -0.0386. The molecule has 1 aromatic carbocycles. The number of anilines is 1. The van der Waals surface area contributed by atoms with Gasteiger partial charge in [-0.3, -0.25) is 9.69 Å². The van der Waals surface area contributed by atoms with E-state index in [2.05, 4.69) is 24.1 Å². The summed E-state index contributed by atoms with van der Waals surface area (Å²) >= 11 is 0. The van der Waals surface area contributed by atoms with E-state index in [1.54, 1.807) is 32.4 Å². The fourth-order valence-electron chi connectivity index (χ4n) is 2.85. The molecule has 0 spiro atoms. The van der Waals surface area contributed by atoms with Crippen LogP contribution in [0.5, 0.6) is 11.5 Å². The van der Waals surface area contributed by atoms with Crippen molar-refractivity contribution in [1.82, 2.24) is 4.90 Å². The first-order valence-corrected chi connectivity index (χ1v) is 7.91. The summed E-state index contributed by atoms with van der Waals surface area (Å²) in [7, 11) is 3.17. The normalized spacial score (nSPS) is 21.7. The maximum absolute atomic E-state index is 12.2. The average molecular weight is 322 g/mol. The van der Waals surface area contributed by atoms with Gasteiger partial charge in [0, 0.05) is 32.1 Å². The average Bonchev–Trinajstić information content (AvgIpc) is 2.52. The smallest absolute Gasteiger partial charge is 0.225 e. The van der Waals surface area contributed by atoms with E-state index in [0.29, 0.717) is 23.6 Å². The monoisotopic (exact) mass is 322 g/mol. The molecule has 128 valence electrons. The molecule has 1 fully saturated rings. The Kier molecular flexibility index (Phi) is 6.24. The minimum absolute atomic E-state index is 0.0386. The van der Waals surface area contributed by atoms with Gasteiger partial charge in [0.15, 0.2) is 0 Å². The third-order valence-corrected chi connectivity index (χ3v) is 3.83. The SMILES string of the molecule is COc1ccc(OC)c(NC(=O)CCN2C[C@@H](C)O[C@@H](C)C2)c1. The molecule has 1 heterocycles. The molecule has 1 amide bonds. The maximum Gasteiger partial charge on any atom is 0.225 e. The number of benzene rings is 1. The minimum Gasteiger partial charge on any atom is -0.497 e. The second-order valence-corrected chi connectivity index (χ2v) is 5.88. The number of nitrogens with one attached hydrogen (secondary N) is 1. The lowest BCUT2D eigenvalue weighted by Gasteiger charge is -2.35. The summed E-state index contributed by atoms with van der Waals surface area (Å²) in [4.78, 5) is 14.5. The highest BCUT2D eigenvalue weighted by atomic mass is 16.5. The van der Waals surface area contributed by atoms with E-state index in [1.807, 2.05) is 0 Å². The van der Waals surface area contributed by atoms with Crippen molar-refractivity contribution >= 4 is 11.6 Å². The molecule has 0 unspecified atom stereocenters. The Labute approximate surface area is 137 Å². The fraction of sp³-hybridized carbons (Fsp3) is 0.588. The van der Waals surface area contributed by atoms with Crippen LogP contribution in [0.15, 0.2) is 18.2 Å². The summed E-state index contributed by atoms with van der Waals surface area (Å²) < 4.78 is 16.2. The van der Waals surface area contributed by atoms with Gasteiger partial charge >= 0.3 is 0 Å². The first-order chi connectivity index (χ1) is 11.0. The molecule has 0 bridgehead atoms. The van der Waals surface area contributed by atoms with Crippen molar-refractivity contribution < 1.29 is 19.0 Å². The van der Waals surface area contributed by atoms with Crippen LogP contribution in [0, 0.1) is 0 Å². The molecule has 6 nitrogen and oxygen atoms in total. The molecular formula is C17H26N2O4. The molecule has 1 saturated heterocycles. The second kappa shape index (κ2) is 8.17. The van der Waals surface area contributed by atoms with Crippen molar-refractivity contribution in [3.63, 3.8) is 0 Å². The molecule has 23 heavy (non-hydrogen) atoms. The summed E-state index contributed by atoms with van der Waals surface area (Å²) in [5.74, 6) is 1.26. The van der Waals surface area contributed by atoms with E-state index in [0.717, 1.165) is 19.6 Å². The molecule has 0 aliphatic carbocycles. The van der Waals surface area contributed by atoms with Crippen LogP contribution >= 0.6 is 0 Å². The van der Waals surface area contributed by atoms with Crippen molar-refractivity contribution in [2.45, 2.75) is 32.5 Å². The predicted octanol–water partition coefficient (Wildman–Crippen LogP) is 2.14. The van der Waals surface area contributed by atoms with Crippen LogP contribution in [0.1, 0.15) is 20.3 Å². The zero-order valence-electron chi connectivity index (χ0n) is 14.3. The van der Waals surface area contributed by atoms with Crippen LogP contribution in [-0.2, 0) is 9.53 Å². The summed E-state index contributed by atoms with van der Waals surface area (Å²) in [6.45, 7) is 6.56. The second-order valence-electron chi connectivity index (χ2n) is 5.88. The lowest BCUT2D eigenvalue weighted by atomic mass is 10.2. The van der Waals surface area contributed by atoms with Crippen molar-refractivity contribution in [1.29, 1.82) is 0 Å². The first-order valence-electron chi connectivity index (χ1n) is 7.91. The van der Waals surface area contributed by atoms with Gasteiger partial charge in [0.2, 0.25) is 5.91 Å². The number of methoxy groups -OCH3 is 2. The number of carbonyl (C=O) groups excluding carboxylic acids is 1.